The molecule has 0 aliphatic carbocycles. The molecule has 0 atom stereocenters. The largest absolute Gasteiger partial charge is 0.350 e. The van der Waals surface area contributed by atoms with Crippen LogP contribution in [0.3, 0.4) is 0 Å². The summed E-state index contributed by atoms with van der Waals surface area (Å²) < 4.78 is 2.16. The Bertz CT molecular complexity index is 632. The van der Waals surface area contributed by atoms with E-state index in [1.54, 1.807) is 12.4 Å². The maximum Gasteiger partial charge on any atom is 0.350 e. The number of nitrogens with one attached hydrogen (secondary N) is 2. The van der Waals surface area contributed by atoms with Crippen molar-refractivity contribution < 1.29 is 4.58 Å². The Balaban J connectivity index is 2.00. The second kappa shape index (κ2) is 4.25. The highest BCUT2D eigenvalue weighted by atomic mass is 15.3. The van der Waals surface area contributed by atoms with Gasteiger partial charge < -0.3 is 0 Å². The Morgan fingerprint density at radius 3 is 2.89 bits per heavy atom. The number of likely N-dealkylation sites (N-methyl/N-ethyl adjacent to an activating group) is 1. The predicted octanol–water partition coefficient (Wildman–Crippen LogP) is 0.952. The molecule has 0 saturated heterocycles. The molecule has 1 aliphatic rings. The first-order valence-electron chi connectivity index (χ1n) is 6.04. The lowest BCUT2D eigenvalue weighted by Crippen LogP contribution is -2.29. The third kappa shape index (κ3) is 1.88. The fraction of sp³-hybridized carbons (Fsp3) is 0.308. The molecule has 0 radical (unpaired) electrons. The standard InChI is InChI=1S/C13H15N5/c1-9-7-10(17-13-16-5-6-18(13)2)8-11-12(9)15-4-3-14-11/h3-4,7-8H,5-6H2,1-2H3,(H,14,16,17)/p+1. The zero-order chi connectivity index (χ0) is 12.5. The van der Waals surface area contributed by atoms with Crippen LogP contribution in [0.2, 0.25) is 0 Å². The van der Waals surface area contributed by atoms with Gasteiger partial charge >= 0.3 is 5.96 Å². The molecule has 5 heteroatoms. The molecular weight excluding hydrogens is 226 g/mol. The van der Waals surface area contributed by atoms with Gasteiger partial charge in [-0.25, -0.2) is 5.32 Å². The number of hydrogen-bond donors (Lipinski definition) is 2. The Morgan fingerprint density at radius 1 is 1.28 bits per heavy atom. The minimum atomic E-state index is 0.918. The molecule has 2 aromatic rings. The van der Waals surface area contributed by atoms with E-state index in [1.165, 1.54) is 0 Å². The summed E-state index contributed by atoms with van der Waals surface area (Å²) in [6, 6.07) is 4.12. The molecule has 1 aromatic carbocycles. The SMILES string of the molecule is Cc1cc(NC2=[N+](C)CCN2)cc2nccnc12. The van der Waals surface area contributed by atoms with E-state index in [4.69, 9.17) is 0 Å². The summed E-state index contributed by atoms with van der Waals surface area (Å²) in [6.07, 6.45) is 3.45. The van der Waals surface area contributed by atoms with Gasteiger partial charge in [0.25, 0.3) is 0 Å². The second-order valence-corrected chi connectivity index (χ2v) is 4.54. The van der Waals surface area contributed by atoms with Gasteiger partial charge in [-0.3, -0.25) is 19.9 Å². The zero-order valence-corrected chi connectivity index (χ0v) is 10.6. The molecular formula is C13H16N5+. The first-order valence-corrected chi connectivity index (χ1v) is 6.04. The van der Waals surface area contributed by atoms with Crippen LogP contribution in [-0.2, 0) is 0 Å². The van der Waals surface area contributed by atoms with Gasteiger partial charge in [0, 0.05) is 18.5 Å². The van der Waals surface area contributed by atoms with Crippen LogP contribution in [-0.4, -0.2) is 40.6 Å². The first kappa shape index (κ1) is 11.0. The van der Waals surface area contributed by atoms with Gasteiger partial charge in [-0.1, -0.05) is 0 Å². The van der Waals surface area contributed by atoms with Crippen molar-refractivity contribution in [2.24, 2.45) is 0 Å². The minimum absolute atomic E-state index is 0.918. The normalized spacial score (nSPS) is 15.0. The van der Waals surface area contributed by atoms with Gasteiger partial charge in [-0.2, -0.15) is 0 Å². The van der Waals surface area contributed by atoms with E-state index in [0.29, 0.717) is 0 Å². The van der Waals surface area contributed by atoms with Crippen LogP contribution in [0.5, 0.6) is 0 Å². The summed E-state index contributed by atoms with van der Waals surface area (Å²) in [7, 11) is 2.07. The van der Waals surface area contributed by atoms with E-state index >= 15 is 0 Å². The quantitative estimate of drug-likeness (QED) is 0.731. The highest BCUT2D eigenvalue weighted by Gasteiger charge is 2.17. The molecule has 5 nitrogen and oxygen atoms in total. The van der Waals surface area contributed by atoms with Crippen molar-refractivity contribution in [3.8, 4) is 0 Å². The topological polar surface area (TPSA) is 52.9 Å². The number of aryl methyl sites for hydroxylation is 1. The predicted molar refractivity (Wildman–Crippen MR) is 72.0 cm³/mol. The van der Waals surface area contributed by atoms with E-state index in [2.05, 4.69) is 45.2 Å². The molecule has 2 heterocycles. The van der Waals surface area contributed by atoms with E-state index in [-0.39, 0.29) is 0 Å². The van der Waals surface area contributed by atoms with Crippen LogP contribution >= 0.6 is 0 Å². The molecule has 2 N–H and O–H groups in total. The minimum Gasteiger partial charge on any atom is -0.274 e. The van der Waals surface area contributed by atoms with Crippen LogP contribution in [0.4, 0.5) is 5.69 Å². The van der Waals surface area contributed by atoms with Crippen LogP contribution in [0.25, 0.3) is 11.0 Å². The van der Waals surface area contributed by atoms with E-state index in [9.17, 15) is 0 Å². The Hall–Kier alpha value is -2.17. The Kier molecular flexibility index (Phi) is 2.59. The summed E-state index contributed by atoms with van der Waals surface area (Å²) in [6.45, 7) is 4.05. The lowest BCUT2D eigenvalue weighted by Gasteiger charge is -2.05. The van der Waals surface area contributed by atoms with Crippen molar-refractivity contribution in [2.45, 2.75) is 6.92 Å². The van der Waals surface area contributed by atoms with Crippen LogP contribution in [0, 0.1) is 6.92 Å². The number of aromatic nitrogens is 2. The second-order valence-electron chi connectivity index (χ2n) is 4.54. The summed E-state index contributed by atoms with van der Waals surface area (Å²) in [5, 5.41) is 6.71. The maximum absolute atomic E-state index is 4.35. The van der Waals surface area contributed by atoms with Crippen molar-refractivity contribution in [2.75, 3.05) is 25.5 Å². The fourth-order valence-electron chi connectivity index (χ4n) is 2.19. The molecule has 0 saturated carbocycles. The van der Waals surface area contributed by atoms with Gasteiger partial charge in [0.15, 0.2) is 0 Å². The Morgan fingerprint density at radius 2 is 2.11 bits per heavy atom. The third-order valence-electron chi connectivity index (χ3n) is 3.15. The van der Waals surface area contributed by atoms with E-state index in [0.717, 1.165) is 41.3 Å². The lowest BCUT2D eigenvalue weighted by atomic mass is 10.1. The number of guanidine groups is 1. The maximum atomic E-state index is 4.35. The third-order valence-corrected chi connectivity index (χ3v) is 3.15. The average molecular weight is 242 g/mol. The summed E-state index contributed by atoms with van der Waals surface area (Å²) in [5.41, 5.74) is 4.04. The van der Waals surface area contributed by atoms with Gasteiger partial charge in [0.2, 0.25) is 0 Å². The molecule has 1 aromatic heterocycles. The molecule has 18 heavy (non-hydrogen) atoms. The highest BCUT2D eigenvalue weighted by Crippen LogP contribution is 2.19. The number of rotatable bonds is 1. The fourth-order valence-corrected chi connectivity index (χ4v) is 2.19. The Labute approximate surface area is 106 Å². The molecule has 0 spiro atoms. The molecule has 1 aliphatic heterocycles. The highest BCUT2D eigenvalue weighted by molar-refractivity contribution is 5.93. The summed E-state index contributed by atoms with van der Waals surface area (Å²) in [5.74, 6) is 1.04. The zero-order valence-electron chi connectivity index (χ0n) is 10.6. The summed E-state index contributed by atoms with van der Waals surface area (Å²) >= 11 is 0. The van der Waals surface area contributed by atoms with Crippen molar-refractivity contribution in [3.63, 3.8) is 0 Å². The monoisotopic (exact) mass is 242 g/mol. The van der Waals surface area contributed by atoms with Gasteiger partial charge in [-0.15, -0.1) is 0 Å². The average Bonchev–Trinajstić information content (AvgIpc) is 2.75. The lowest BCUT2D eigenvalue weighted by molar-refractivity contribution is -0.486. The first-order chi connectivity index (χ1) is 8.74. The smallest absolute Gasteiger partial charge is 0.274 e. The van der Waals surface area contributed by atoms with Crippen molar-refractivity contribution >= 4 is 22.7 Å². The molecule has 0 unspecified atom stereocenters. The van der Waals surface area contributed by atoms with Crippen LogP contribution in [0.1, 0.15) is 5.56 Å². The molecule has 3 rings (SSSR count). The molecule has 92 valence electrons. The molecule has 0 amide bonds. The van der Waals surface area contributed by atoms with Crippen molar-refractivity contribution in [1.29, 1.82) is 0 Å². The van der Waals surface area contributed by atoms with Crippen LogP contribution < -0.4 is 10.6 Å². The molecule has 0 fully saturated rings. The number of nitrogens with zero attached hydrogens (tertiary/aromatic N) is 3. The van der Waals surface area contributed by atoms with E-state index < -0.39 is 0 Å². The van der Waals surface area contributed by atoms with E-state index in [1.807, 2.05) is 6.07 Å². The van der Waals surface area contributed by atoms with Crippen LogP contribution in [0.15, 0.2) is 24.5 Å². The number of fused-ring (bicyclic) bond motifs is 1. The van der Waals surface area contributed by atoms with Crippen molar-refractivity contribution in [3.05, 3.63) is 30.1 Å². The number of hydrogen-bond acceptors (Lipinski definition) is 4. The number of benzene rings is 1. The van der Waals surface area contributed by atoms with Gasteiger partial charge in [0.1, 0.15) is 5.69 Å². The molecule has 0 bridgehead atoms. The number of anilines is 1. The van der Waals surface area contributed by atoms with Gasteiger partial charge in [0.05, 0.1) is 31.2 Å². The van der Waals surface area contributed by atoms with Gasteiger partial charge in [-0.05, 0) is 18.6 Å². The van der Waals surface area contributed by atoms with Crippen molar-refractivity contribution in [1.82, 2.24) is 15.3 Å². The summed E-state index contributed by atoms with van der Waals surface area (Å²) in [4.78, 5) is 8.70.